The Labute approximate surface area is 149 Å². The summed E-state index contributed by atoms with van der Waals surface area (Å²) in [5.74, 6) is 0.121. The molecular formula is C16H22N4O2S2. The number of rotatable bonds is 6. The first-order chi connectivity index (χ1) is 11.3. The minimum atomic E-state index is -0.287. The van der Waals surface area contributed by atoms with E-state index in [-0.39, 0.29) is 24.7 Å². The second-order valence-electron chi connectivity index (χ2n) is 6.11. The van der Waals surface area contributed by atoms with Crippen molar-refractivity contribution in [1.29, 1.82) is 0 Å². The molecule has 0 aliphatic rings. The summed E-state index contributed by atoms with van der Waals surface area (Å²) in [6.45, 7) is 8.25. The Kier molecular flexibility index (Phi) is 6.44. The molecule has 0 unspecified atom stereocenters. The van der Waals surface area contributed by atoms with Crippen molar-refractivity contribution in [3.05, 3.63) is 32.2 Å². The monoisotopic (exact) mass is 366 g/mol. The van der Waals surface area contributed by atoms with Crippen LogP contribution in [0.2, 0.25) is 0 Å². The predicted molar refractivity (Wildman–Crippen MR) is 96.1 cm³/mol. The molecule has 0 fully saturated rings. The maximum absolute atomic E-state index is 11.9. The molecule has 0 saturated carbocycles. The van der Waals surface area contributed by atoms with Gasteiger partial charge >= 0.3 is 0 Å². The van der Waals surface area contributed by atoms with E-state index in [1.165, 1.54) is 0 Å². The molecule has 0 aromatic carbocycles. The van der Waals surface area contributed by atoms with Gasteiger partial charge in [-0.25, -0.2) is 9.97 Å². The van der Waals surface area contributed by atoms with Crippen LogP contribution >= 0.6 is 22.7 Å². The lowest BCUT2D eigenvalue weighted by molar-refractivity contribution is -0.128. The van der Waals surface area contributed by atoms with Crippen molar-refractivity contribution in [2.24, 2.45) is 0 Å². The van der Waals surface area contributed by atoms with Crippen molar-refractivity contribution >= 4 is 34.5 Å². The van der Waals surface area contributed by atoms with Crippen LogP contribution in [0, 0.1) is 0 Å². The average molecular weight is 367 g/mol. The zero-order valence-electron chi connectivity index (χ0n) is 14.3. The van der Waals surface area contributed by atoms with Gasteiger partial charge in [0, 0.05) is 22.6 Å². The quantitative estimate of drug-likeness (QED) is 0.770. The summed E-state index contributed by atoms with van der Waals surface area (Å²) in [7, 11) is 0. The van der Waals surface area contributed by atoms with E-state index in [0.717, 1.165) is 21.4 Å². The third kappa shape index (κ3) is 5.38. The van der Waals surface area contributed by atoms with E-state index in [4.69, 9.17) is 0 Å². The highest BCUT2D eigenvalue weighted by atomic mass is 32.1. The minimum absolute atomic E-state index is 0.150. The maximum atomic E-state index is 11.9. The normalized spacial score (nSPS) is 11.1. The van der Waals surface area contributed by atoms with Gasteiger partial charge in [-0.15, -0.1) is 22.7 Å². The third-order valence-electron chi connectivity index (χ3n) is 3.15. The highest BCUT2D eigenvalue weighted by Gasteiger charge is 2.12. The number of carbonyl (C=O) groups is 2. The Hall–Kier alpha value is -1.80. The third-order valence-corrected chi connectivity index (χ3v) is 5.54. The first-order valence-electron chi connectivity index (χ1n) is 7.81. The highest BCUT2D eigenvalue weighted by molar-refractivity contribution is 7.10. The van der Waals surface area contributed by atoms with Crippen LogP contribution in [-0.4, -0.2) is 21.8 Å². The van der Waals surface area contributed by atoms with Gasteiger partial charge in [0.1, 0.15) is 0 Å². The van der Waals surface area contributed by atoms with Gasteiger partial charge in [0.2, 0.25) is 11.8 Å². The van der Waals surface area contributed by atoms with E-state index in [1.54, 1.807) is 22.7 Å². The summed E-state index contributed by atoms with van der Waals surface area (Å²) in [6, 6.07) is 0. The van der Waals surface area contributed by atoms with Crippen LogP contribution < -0.4 is 10.9 Å². The summed E-state index contributed by atoms with van der Waals surface area (Å²) in [5, 5.41) is 5.76. The number of hydrazine groups is 1. The fourth-order valence-electron chi connectivity index (χ4n) is 1.89. The number of aromatic nitrogens is 2. The van der Waals surface area contributed by atoms with Crippen molar-refractivity contribution in [1.82, 2.24) is 20.8 Å². The number of amides is 2. The molecule has 2 aromatic rings. The second-order valence-corrected chi connectivity index (χ2v) is 7.89. The average Bonchev–Trinajstić information content (AvgIpc) is 3.14. The van der Waals surface area contributed by atoms with Gasteiger partial charge in [-0.05, 0) is 0 Å². The summed E-state index contributed by atoms with van der Waals surface area (Å²) in [6.07, 6.45) is 0.301. The van der Waals surface area contributed by atoms with Gasteiger partial charge in [-0.1, -0.05) is 27.7 Å². The molecule has 0 aliphatic heterocycles. The Morgan fingerprint density at radius 2 is 1.25 bits per heavy atom. The molecule has 0 atom stereocenters. The molecule has 2 amide bonds. The lowest BCUT2D eigenvalue weighted by Crippen LogP contribution is -2.43. The largest absolute Gasteiger partial charge is 0.273 e. The lowest BCUT2D eigenvalue weighted by atomic mass is 10.2. The zero-order valence-corrected chi connectivity index (χ0v) is 15.9. The van der Waals surface area contributed by atoms with E-state index in [9.17, 15) is 9.59 Å². The molecule has 2 aromatic heterocycles. The van der Waals surface area contributed by atoms with Crippen molar-refractivity contribution < 1.29 is 9.59 Å². The van der Waals surface area contributed by atoms with Gasteiger partial charge in [0.25, 0.3) is 0 Å². The van der Waals surface area contributed by atoms with Crippen LogP contribution in [0.15, 0.2) is 10.8 Å². The Balaban J connectivity index is 1.76. The minimum Gasteiger partial charge on any atom is -0.273 e. The number of hydrogen-bond acceptors (Lipinski definition) is 6. The molecule has 0 spiro atoms. The Morgan fingerprint density at radius 3 is 1.54 bits per heavy atom. The molecule has 8 heteroatoms. The lowest BCUT2D eigenvalue weighted by Gasteiger charge is -2.05. The molecule has 0 saturated heterocycles. The van der Waals surface area contributed by atoms with Crippen LogP contribution in [0.1, 0.15) is 60.9 Å². The van der Waals surface area contributed by atoms with Crippen LogP contribution in [0.25, 0.3) is 0 Å². The molecule has 130 valence electrons. The number of hydrogen-bond donors (Lipinski definition) is 2. The molecule has 0 radical (unpaired) electrons. The molecule has 2 heterocycles. The summed E-state index contributed by atoms with van der Waals surface area (Å²) in [4.78, 5) is 32.5. The van der Waals surface area contributed by atoms with Crippen LogP contribution in [0.4, 0.5) is 0 Å². The standard InChI is InChI=1S/C16H22N4O2S2/c1-9(2)15-17-11(7-23-15)5-13(21)19-20-14(22)6-12-8-24-16(18-12)10(3)4/h7-10H,5-6H2,1-4H3,(H,19,21)(H,20,22). The molecule has 6 nitrogen and oxygen atoms in total. The summed E-state index contributed by atoms with van der Waals surface area (Å²) in [5.41, 5.74) is 6.28. The topological polar surface area (TPSA) is 84.0 Å². The summed E-state index contributed by atoms with van der Waals surface area (Å²) >= 11 is 3.09. The maximum Gasteiger partial charge on any atom is 0.244 e. The highest BCUT2D eigenvalue weighted by Crippen LogP contribution is 2.20. The van der Waals surface area contributed by atoms with Gasteiger partial charge in [-0.2, -0.15) is 0 Å². The van der Waals surface area contributed by atoms with Crippen molar-refractivity contribution in [2.75, 3.05) is 0 Å². The van der Waals surface area contributed by atoms with Crippen molar-refractivity contribution in [3.63, 3.8) is 0 Å². The smallest absolute Gasteiger partial charge is 0.244 e. The van der Waals surface area contributed by atoms with E-state index in [2.05, 4.69) is 48.5 Å². The molecule has 2 N–H and O–H groups in total. The van der Waals surface area contributed by atoms with Gasteiger partial charge in [0.15, 0.2) is 0 Å². The number of nitrogens with one attached hydrogen (secondary N) is 2. The molecular weight excluding hydrogens is 344 g/mol. The van der Waals surface area contributed by atoms with Gasteiger partial charge < -0.3 is 0 Å². The zero-order chi connectivity index (χ0) is 17.7. The van der Waals surface area contributed by atoms with Crippen LogP contribution in [0.3, 0.4) is 0 Å². The summed E-state index contributed by atoms with van der Waals surface area (Å²) < 4.78 is 0. The van der Waals surface area contributed by atoms with Crippen LogP contribution in [0.5, 0.6) is 0 Å². The Bertz CT molecular complexity index is 646. The van der Waals surface area contributed by atoms with Crippen LogP contribution in [-0.2, 0) is 22.4 Å². The second kappa shape index (κ2) is 8.34. The fourth-order valence-corrected chi connectivity index (χ4v) is 3.56. The fraction of sp³-hybridized carbons (Fsp3) is 0.500. The van der Waals surface area contributed by atoms with Gasteiger partial charge in [0.05, 0.1) is 34.2 Å². The van der Waals surface area contributed by atoms with E-state index in [0.29, 0.717) is 11.8 Å². The Morgan fingerprint density at radius 1 is 0.875 bits per heavy atom. The molecule has 0 bridgehead atoms. The van der Waals surface area contributed by atoms with E-state index < -0.39 is 0 Å². The van der Waals surface area contributed by atoms with E-state index in [1.807, 2.05) is 10.8 Å². The number of carbonyl (C=O) groups excluding carboxylic acids is 2. The molecule has 2 rings (SSSR count). The molecule has 24 heavy (non-hydrogen) atoms. The predicted octanol–water partition coefficient (Wildman–Crippen LogP) is 2.78. The number of thiazole rings is 2. The first-order valence-corrected chi connectivity index (χ1v) is 9.57. The molecule has 0 aliphatic carbocycles. The first kappa shape index (κ1) is 18.5. The number of nitrogens with zero attached hydrogens (tertiary/aromatic N) is 2. The van der Waals surface area contributed by atoms with Gasteiger partial charge in [-0.3, -0.25) is 20.4 Å². The van der Waals surface area contributed by atoms with Crippen molar-refractivity contribution in [3.8, 4) is 0 Å². The SMILES string of the molecule is CC(C)c1nc(CC(=O)NNC(=O)Cc2csc(C(C)C)n2)cs1. The van der Waals surface area contributed by atoms with Crippen molar-refractivity contribution in [2.45, 2.75) is 52.4 Å². The van der Waals surface area contributed by atoms with E-state index >= 15 is 0 Å².